The van der Waals surface area contributed by atoms with Crippen LogP contribution in [0.2, 0.25) is 0 Å². The molecule has 47 heavy (non-hydrogen) atoms. The van der Waals surface area contributed by atoms with Gasteiger partial charge in [0.2, 0.25) is 5.91 Å². The minimum absolute atomic E-state index is 0.0150. The Hall–Kier alpha value is -1.54. The van der Waals surface area contributed by atoms with E-state index >= 15 is 0 Å². The zero-order valence-electron chi connectivity index (χ0n) is 30.7. The molecule has 3 unspecified atom stereocenters. The number of rotatable bonds is 32. The van der Waals surface area contributed by atoms with Gasteiger partial charge in [-0.25, -0.2) is 0 Å². The molecule has 0 heterocycles. The molecule has 0 aliphatic heterocycles. The molecule has 274 valence electrons. The van der Waals surface area contributed by atoms with Gasteiger partial charge in [-0.3, -0.25) is 9.36 Å². The van der Waals surface area contributed by atoms with Gasteiger partial charge < -0.3 is 28.8 Å². The summed E-state index contributed by atoms with van der Waals surface area (Å²) in [7, 11) is 1.21. The first-order chi connectivity index (χ1) is 22.5. The maximum Gasteiger partial charge on any atom is 0.268 e. The monoisotopic (exact) mass is 683 g/mol. The van der Waals surface area contributed by atoms with Crippen molar-refractivity contribution >= 4 is 13.7 Å². The zero-order valence-corrected chi connectivity index (χ0v) is 31.6. The number of hydrogen-bond acceptors (Lipinski definition) is 6. The van der Waals surface area contributed by atoms with E-state index in [2.05, 4.69) is 55.6 Å². The summed E-state index contributed by atoms with van der Waals surface area (Å²) >= 11 is 0. The van der Waals surface area contributed by atoms with Crippen molar-refractivity contribution in [3.8, 4) is 0 Å². The highest BCUT2D eigenvalue weighted by Gasteiger charge is 2.23. The summed E-state index contributed by atoms with van der Waals surface area (Å²) in [4.78, 5) is 25.0. The largest absolute Gasteiger partial charge is 0.756 e. The van der Waals surface area contributed by atoms with Crippen LogP contribution in [0, 0.1) is 0 Å². The normalized spacial score (nSPS) is 15.3. The fourth-order valence-electron chi connectivity index (χ4n) is 4.71. The lowest BCUT2D eigenvalue weighted by Gasteiger charge is -2.29. The number of quaternary nitrogens is 1. The van der Waals surface area contributed by atoms with Gasteiger partial charge in [-0.15, -0.1) is 0 Å². The van der Waals surface area contributed by atoms with E-state index in [4.69, 9.17) is 9.05 Å². The van der Waals surface area contributed by atoms with Gasteiger partial charge in [-0.05, 0) is 64.2 Å². The number of hydrogen-bond donors (Lipinski definition) is 2. The van der Waals surface area contributed by atoms with E-state index in [1.165, 1.54) is 70.6 Å². The van der Waals surface area contributed by atoms with Crippen LogP contribution in [0.15, 0.2) is 48.6 Å². The third-order valence-corrected chi connectivity index (χ3v) is 8.70. The quantitative estimate of drug-likeness (QED) is 0.0318. The molecule has 2 N–H and O–H groups in total. The van der Waals surface area contributed by atoms with Crippen molar-refractivity contribution < 1.29 is 32.9 Å². The number of aliphatic hydroxyl groups is 1. The summed E-state index contributed by atoms with van der Waals surface area (Å²) in [5.41, 5.74) is 0. The highest BCUT2D eigenvalue weighted by Crippen LogP contribution is 2.38. The molecule has 0 aromatic rings. The fraction of sp³-hybridized carbons (Fsp3) is 0.763. The predicted octanol–water partition coefficient (Wildman–Crippen LogP) is 8.72. The van der Waals surface area contributed by atoms with E-state index in [1.807, 2.05) is 27.2 Å². The lowest BCUT2D eigenvalue weighted by molar-refractivity contribution is -0.870. The van der Waals surface area contributed by atoms with Gasteiger partial charge in [-0.1, -0.05) is 114 Å². The third-order valence-electron chi connectivity index (χ3n) is 7.74. The number of aliphatic hydroxyl groups excluding tert-OH is 1. The van der Waals surface area contributed by atoms with Crippen LogP contribution in [0.4, 0.5) is 0 Å². The second-order valence-corrected chi connectivity index (χ2v) is 15.0. The van der Waals surface area contributed by atoms with E-state index in [1.54, 1.807) is 6.08 Å². The number of nitrogens with one attached hydrogen (secondary N) is 1. The van der Waals surface area contributed by atoms with Gasteiger partial charge >= 0.3 is 0 Å². The molecule has 0 aliphatic rings. The average Bonchev–Trinajstić information content (AvgIpc) is 3.01. The Morgan fingerprint density at radius 3 is 1.74 bits per heavy atom. The number of amides is 1. The SMILES string of the molecule is CCCCCC/C=C\CCCC(=O)NC(COP(=O)([O-])OCC[N+](C)(C)C)C(O)/C=C/CC/C=C/CC/C=C/CCCCCCCC. The Morgan fingerprint density at radius 1 is 0.723 bits per heavy atom. The van der Waals surface area contributed by atoms with E-state index in [0.29, 0.717) is 17.4 Å². The number of phosphoric ester groups is 1. The van der Waals surface area contributed by atoms with Crippen molar-refractivity contribution in [2.75, 3.05) is 40.9 Å². The van der Waals surface area contributed by atoms with Crippen LogP contribution < -0.4 is 10.2 Å². The second kappa shape index (κ2) is 30.5. The highest BCUT2D eigenvalue weighted by molar-refractivity contribution is 7.45. The molecule has 0 aliphatic carbocycles. The van der Waals surface area contributed by atoms with Gasteiger partial charge in [0.15, 0.2) is 0 Å². The summed E-state index contributed by atoms with van der Waals surface area (Å²) < 4.78 is 23.0. The topological polar surface area (TPSA) is 108 Å². The predicted molar refractivity (Wildman–Crippen MR) is 196 cm³/mol. The zero-order chi connectivity index (χ0) is 35.1. The van der Waals surface area contributed by atoms with E-state index in [9.17, 15) is 19.4 Å². The molecule has 0 spiro atoms. The molecule has 0 saturated carbocycles. The van der Waals surface area contributed by atoms with Crippen LogP contribution in [0.25, 0.3) is 0 Å². The minimum atomic E-state index is -4.59. The lowest BCUT2D eigenvalue weighted by Crippen LogP contribution is -2.45. The molecular weight excluding hydrogens is 611 g/mol. The Kier molecular flexibility index (Phi) is 29.5. The van der Waals surface area contributed by atoms with Crippen molar-refractivity contribution in [3.05, 3.63) is 48.6 Å². The summed E-state index contributed by atoms with van der Waals surface area (Å²) in [6.45, 7) is 4.51. The molecule has 0 aromatic heterocycles. The molecule has 8 nitrogen and oxygen atoms in total. The first-order valence-corrected chi connectivity index (χ1v) is 20.0. The Labute approximate surface area is 289 Å². The first kappa shape index (κ1) is 45.5. The maximum atomic E-state index is 12.7. The summed E-state index contributed by atoms with van der Waals surface area (Å²) in [6, 6.07) is -0.921. The summed E-state index contributed by atoms with van der Waals surface area (Å²) in [5, 5.41) is 13.6. The number of likely N-dealkylation sites (N-methyl/N-ethyl adjacent to an activating group) is 1. The summed E-state index contributed by atoms with van der Waals surface area (Å²) in [5.74, 6) is -0.252. The van der Waals surface area contributed by atoms with Gasteiger partial charge in [0.1, 0.15) is 13.2 Å². The molecule has 0 fully saturated rings. The van der Waals surface area contributed by atoms with Crippen molar-refractivity contribution in [2.45, 2.75) is 148 Å². The van der Waals surface area contributed by atoms with E-state index in [0.717, 1.165) is 38.5 Å². The molecule has 9 heteroatoms. The van der Waals surface area contributed by atoms with Crippen molar-refractivity contribution in [1.29, 1.82) is 0 Å². The Balaban J connectivity index is 4.67. The van der Waals surface area contributed by atoms with Crippen LogP contribution >= 0.6 is 7.82 Å². The second-order valence-electron chi connectivity index (χ2n) is 13.5. The van der Waals surface area contributed by atoms with Gasteiger partial charge in [-0.2, -0.15) is 0 Å². The minimum Gasteiger partial charge on any atom is -0.756 e. The third kappa shape index (κ3) is 32.8. The van der Waals surface area contributed by atoms with Crippen molar-refractivity contribution in [2.24, 2.45) is 0 Å². The van der Waals surface area contributed by atoms with Crippen LogP contribution in [0.1, 0.15) is 136 Å². The highest BCUT2D eigenvalue weighted by atomic mass is 31.2. The molecular formula is C38H71N2O6P. The Bertz CT molecular complexity index is 912. The van der Waals surface area contributed by atoms with E-state index in [-0.39, 0.29) is 18.9 Å². The van der Waals surface area contributed by atoms with Crippen LogP contribution in [0.5, 0.6) is 0 Å². The average molecular weight is 683 g/mol. The summed E-state index contributed by atoms with van der Waals surface area (Å²) in [6.07, 6.45) is 36.0. The molecule has 1 amide bonds. The number of phosphoric acid groups is 1. The number of nitrogens with zero attached hydrogens (tertiary/aromatic N) is 1. The Morgan fingerprint density at radius 2 is 1.19 bits per heavy atom. The van der Waals surface area contributed by atoms with Crippen LogP contribution in [0.3, 0.4) is 0 Å². The molecule has 0 bridgehead atoms. The molecule has 3 atom stereocenters. The smallest absolute Gasteiger partial charge is 0.268 e. The van der Waals surface area contributed by atoms with Crippen molar-refractivity contribution in [3.63, 3.8) is 0 Å². The molecule has 0 aromatic carbocycles. The number of unbranched alkanes of at least 4 members (excludes halogenated alkanes) is 13. The standard InChI is InChI=1S/C38H71N2O6P/c1-6-8-10-12-14-16-17-18-19-20-21-22-24-25-27-29-31-37(41)36(35-46-47(43,44)45-34-33-40(3,4)5)39-38(42)32-30-28-26-23-15-13-11-9-7-2/h18-19,22-24,26,29,31,36-37,41H,6-17,20-21,25,27-28,30,32-35H2,1-5H3,(H-,39,42,43,44)/b19-18+,24-22+,26-23-,31-29+. The fourth-order valence-corrected chi connectivity index (χ4v) is 5.44. The number of carbonyl (C=O) groups excluding carboxylic acids is 1. The molecule has 0 saturated heterocycles. The number of allylic oxidation sites excluding steroid dienone is 7. The van der Waals surface area contributed by atoms with Crippen molar-refractivity contribution in [1.82, 2.24) is 5.32 Å². The first-order valence-electron chi connectivity index (χ1n) is 18.5. The molecule has 0 rings (SSSR count). The van der Waals surface area contributed by atoms with Crippen LogP contribution in [-0.4, -0.2) is 68.5 Å². The lowest BCUT2D eigenvalue weighted by atomic mass is 10.1. The van der Waals surface area contributed by atoms with Gasteiger partial charge in [0, 0.05) is 6.42 Å². The van der Waals surface area contributed by atoms with Gasteiger partial charge in [0.05, 0.1) is 39.9 Å². The number of carbonyl (C=O) groups is 1. The van der Waals surface area contributed by atoms with Gasteiger partial charge in [0.25, 0.3) is 7.82 Å². The maximum absolute atomic E-state index is 12.7. The van der Waals surface area contributed by atoms with E-state index < -0.39 is 26.6 Å². The molecule has 0 radical (unpaired) electrons. The van der Waals surface area contributed by atoms with Crippen LogP contribution in [-0.2, 0) is 18.4 Å².